The van der Waals surface area contributed by atoms with E-state index in [1.165, 1.54) is 23.3 Å². The van der Waals surface area contributed by atoms with Crippen molar-refractivity contribution in [3.05, 3.63) is 71.0 Å². The van der Waals surface area contributed by atoms with E-state index in [1.807, 2.05) is 0 Å². The van der Waals surface area contributed by atoms with Crippen molar-refractivity contribution in [1.29, 1.82) is 0 Å². The third-order valence-corrected chi connectivity index (χ3v) is 9.42. The normalized spacial score (nSPS) is 26.0. The Labute approximate surface area is 179 Å². The molecule has 3 heteroatoms. The summed E-state index contributed by atoms with van der Waals surface area (Å²) in [5, 5.41) is 0. The molecule has 2 nitrogen and oxygen atoms in total. The van der Waals surface area contributed by atoms with Crippen LogP contribution in [0.1, 0.15) is 70.2 Å². The van der Waals surface area contributed by atoms with Crippen LogP contribution in [0.2, 0.25) is 6.55 Å². The van der Waals surface area contributed by atoms with Crippen molar-refractivity contribution in [2.45, 2.75) is 71.1 Å². The minimum atomic E-state index is -0.815. The lowest BCUT2D eigenvalue weighted by Crippen LogP contribution is -2.52. The first kappa shape index (κ1) is 20.7. The number of nitrogens with zero attached hydrogens (tertiary/aromatic N) is 1. The van der Waals surface area contributed by atoms with Gasteiger partial charge in [0.1, 0.15) is 5.54 Å². The molecule has 3 aliphatic rings. The quantitative estimate of drug-likeness (QED) is 0.607. The van der Waals surface area contributed by atoms with Crippen LogP contribution in [-0.4, -0.2) is 26.4 Å². The molecule has 0 amide bonds. The molecule has 0 spiro atoms. The summed E-state index contributed by atoms with van der Waals surface area (Å²) in [6.07, 6.45) is 6.72. The van der Waals surface area contributed by atoms with Gasteiger partial charge >= 0.3 is 8.96 Å². The monoisotopic (exact) mass is 405 g/mol. The van der Waals surface area contributed by atoms with Crippen molar-refractivity contribution < 1.29 is 0 Å². The second-order valence-electron chi connectivity index (χ2n) is 11.2. The van der Waals surface area contributed by atoms with Crippen molar-refractivity contribution in [2.24, 2.45) is 11.3 Å². The molecule has 2 aliphatic carbocycles. The number of fused-ring (bicyclic) bond motifs is 4. The highest BCUT2D eigenvalue weighted by atomic mass is 28.3. The number of benzene rings is 1. The molecule has 1 aliphatic heterocycles. The summed E-state index contributed by atoms with van der Waals surface area (Å²) in [6.45, 7) is 18.6. The van der Waals surface area contributed by atoms with Crippen LogP contribution in [0.3, 0.4) is 0 Å². The van der Waals surface area contributed by atoms with Gasteiger partial charge in [0.25, 0.3) is 0 Å². The first-order valence-electron chi connectivity index (χ1n) is 11.0. The molecule has 1 N–H and O–H groups in total. The lowest BCUT2D eigenvalue weighted by molar-refractivity contribution is 0.266. The zero-order valence-electron chi connectivity index (χ0n) is 19.3. The van der Waals surface area contributed by atoms with Gasteiger partial charge in [0.15, 0.2) is 0 Å². The standard InChI is InChI=1S/C26H37N2Si/c1-17-13-14-21-20(15-17)22-23(28(21)7)18-11-9-10-12-19(18)24(22)29(8)27-26(5,6)16-25(2,3)4/h9-14,22-24,27H,1,15-16H2,2-8H3/q+1/t22?,23-,24-/m1/s1. The molecular formula is C26H37N2Si+. The summed E-state index contributed by atoms with van der Waals surface area (Å²) in [5.41, 5.74) is 8.49. The zero-order chi connectivity index (χ0) is 21.1. The van der Waals surface area contributed by atoms with E-state index in [0.717, 1.165) is 6.42 Å². The fraction of sp³-hybridized carbons (Fsp3) is 0.538. The van der Waals surface area contributed by atoms with E-state index in [9.17, 15) is 0 Å². The SMILES string of the molecule is C=C1C=CC2=C(C1)C1[C@@H](c3ccccc3[C@H]1[Si+](C)NC(C)(C)CC(C)(C)C)N2C. The number of rotatable bonds is 4. The predicted molar refractivity (Wildman–Crippen MR) is 126 cm³/mol. The van der Waals surface area contributed by atoms with Gasteiger partial charge in [-0.3, -0.25) is 0 Å². The Balaban J connectivity index is 1.71. The fourth-order valence-corrected chi connectivity index (χ4v) is 9.40. The number of nitrogens with one attached hydrogen (secondary N) is 1. The van der Waals surface area contributed by atoms with Crippen LogP contribution in [0.4, 0.5) is 0 Å². The number of likely N-dealkylation sites (N-methyl/N-ethyl adjacent to an activating group) is 1. The molecule has 29 heavy (non-hydrogen) atoms. The van der Waals surface area contributed by atoms with Gasteiger partial charge in [0.2, 0.25) is 0 Å². The summed E-state index contributed by atoms with van der Waals surface area (Å²) in [5.74, 6) is 0.575. The zero-order valence-corrected chi connectivity index (χ0v) is 20.3. The topological polar surface area (TPSA) is 15.3 Å². The van der Waals surface area contributed by atoms with Crippen molar-refractivity contribution in [3.63, 3.8) is 0 Å². The van der Waals surface area contributed by atoms with Gasteiger partial charge in [0, 0.05) is 24.2 Å². The van der Waals surface area contributed by atoms with Crippen molar-refractivity contribution in [3.8, 4) is 0 Å². The van der Waals surface area contributed by atoms with Crippen molar-refractivity contribution in [1.82, 2.24) is 9.88 Å². The van der Waals surface area contributed by atoms with Crippen LogP contribution in [0.25, 0.3) is 0 Å². The first-order chi connectivity index (χ1) is 13.5. The van der Waals surface area contributed by atoms with E-state index in [1.54, 1.807) is 11.1 Å². The maximum Gasteiger partial charge on any atom is 0.408 e. The number of allylic oxidation sites excluding steroid dienone is 3. The van der Waals surface area contributed by atoms with E-state index in [2.05, 4.69) is 101 Å². The summed E-state index contributed by atoms with van der Waals surface area (Å²) >= 11 is 0. The predicted octanol–water partition coefficient (Wildman–Crippen LogP) is 6.12. The minimum Gasteiger partial charge on any atom is -0.367 e. The highest BCUT2D eigenvalue weighted by Crippen LogP contribution is 2.59. The molecular weight excluding hydrogens is 368 g/mol. The first-order valence-corrected chi connectivity index (χ1v) is 13.1. The van der Waals surface area contributed by atoms with E-state index in [-0.39, 0.29) is 5.54 Å². The van der Waals surface area contributed by atoms with E-state index < -0.39 is 8.96 Å². The largest absolute Gasteiger partial charge is 0.408 e. The van der Waals surface area contributed by atoms with Gasteiger partial charge in [-0.25, -0.2) is 0 Å². The van der Waals surface area contributed by atoms with Gasteiger partial charge < -0.3 is 4.90 Å². The summed E-state index contributed by atoms with van der Waals surface area (Å²) in [7, 11) is 1.47. The molecule has 1 aromatic rings. The Morgan fingerprint density at radius 2 is 1.76 bits per heavy atom. The average Bonchev–Trinajstić information content (AvgIpc) is 3.06. The Kier molecular flexibility index (Phi) is 4.98. The molecule has 3 atom stereocenters. The van der Waals surface area contributed by atoms with E-state index >= 15 is 0 Å². The molecule has 0 fully saturated rings. The highest BCUT2D eigenvalue weighted by Gasteiger charge is 2.58. The molecule has 1 aromatic carbocycles. The highest BCUT2D eigenvalue weighted by molar-refractivity contribution is 6.57. The summed E-state index contributed by atoms with van der Waals surface area (Å²) in [6, 6.07) is 9.70. The lowest BCUT2D eigenvalue weighted by atomic mass is 9.82. The lowest BCUT2D eigenvalue weighted by Gasteiger charge is -2.32. The van der Waals surface area contributed by atoms with Crippen molar-refractivity contribution in [2.75, 3.05) is 7.05 Å². The third kappa shape index (κ3) is 3.68. The third-order valence-electron chi connectivity index (χ3n) is 6.75. The van der Waals surface area contributed by atoms with Crippen molar-refractivity contribution >= 4 is 8.96 Å². The van der Waals surface area contributed by atoms with Crippen LogP contribution < -0.4 is 4.98 Å². The van der Waals surface area contributed by atoms with Gasteiger partial charge in [-0.05, 0) is 54.9 Å². The van der Waals surface area contributed by atoms with Gasteiger partial charge in [-0.15, -0.1) is 0 Å². The maximum absolute atomic E-state index is 4.29. The van der Waals surface area contributed by atoms with Crippen LogP contribution in [0, 0.1) is 11.3 Å². The smallest absolute Gasteiger partial charge is 0.367 e. The van der Waals surface area contributed by atoms with Gasteiger partial charge in [-0.1, -0.05) is 63.3 Å². The molecule has 4 rings (SSSR count). The summed E-state index contributed by atoms with van der Waals surface area (Å²) in [4.78, 5) is 6.69. The van der Waals surface area contributed by atoms with Gasteiger partial charge in [-0.2, -0.15) is 4.98 Å². The Bertz CT molecular complexity index is 886. The second kappa shape index (κ2) is 6.99. The number of hydrogen-bond acceptors (Lipinski definition) is 2. The maximum atomic E-state index is 4.29. The van der Waals surface area contributed by atoms with Crippen LogP contribution in [-0.2, 0) is 0 Å². The molecule has 0 saturated heterocycles. The van der Waals surface area contributed by atoms with Crippen LogP contribution >= 0.6 is 0 Å². The fourth-order valence-electron chi connectivity index (χ4n) is 6.44. The molecule has 0 saturated carbocycles. The molecule has 0 bridgehead atoms. The molecule has 154 valence electrons. The Morgan fingerprint density at radius 1 is 1.10 bits per heavy atom. The Morgan fingerprint density at radius 3 is 2.41 bits per heavy atom. The van der Waals surface area contributed by atoms with E-state index in [0.29, 0.717) is 22.9 Å². The summed E-state index contributed by atoms with van der Waals surface area (Å²) < 4.78 is 0. The molecule has 1 unspecified atom stereocenters. The minimum absolute atomic E-state index is 0.145. The van der Waals surface area contributed by atoms with Gasteiger partial charge in [0.05, 0.1) is 12.6 Å². The molecule has 0 radical (unpaired) electrons. The molecule has 1 heterocycles. The van der Waals surface area contributed by atoms with Crippen LogP contribution in [0.15, 0.2) is 59.8 Å². The van der Waals surface area contributed by atoms with E-state index in [4.69, 9.17) is 0 Å². The number of hydrogen-bond donors (Lipinski definition) is 1. The second-order valence-corrected chi connectivity index (χ2v) is 13.4. The average molecular weight is 406 g/mol. The van der Waals surface area contributed by atoms with Crippen LogP contribution in [0.5, 0.6) is 0 Å². The Hall–Kier alpha value is -1.58. The molecule has 0 aromatic heterocycles.